The van der Waals surface area contributed by atoms with Crippen molar-refractivity contribution in [3.8, 4) is 5.75 Å². The highest BCUT2D eigenvalue weighted by Gasteiger charge is 2.51. The van der Waals surface area contributed by atoms with Crippen LogP contribution in [0.3, 0.4) is 0 Å². The number of nitrogens with zero attached hydrogens (tertiary/aromatic N) is 2. The average molecular weight is 412 g/mol. The van der Waals surface area contributed by atoms with Gasteiger partial charge >= 0.3 is 0 Å². The summed E-state index contributed by atoms with van der Waals surface area (Å²) in [5.41, 5.74) is 0.484. The second-order valence-electron chi connectivity index (χ2n) is 6.68. The lowest BCUT2D eigenvalue weighted by atomic mass is 9.86. The molecule has 0 radical (unpaired) electrons. The van der Waals surface area contributed by atoms with Crippen LogP contribution in [0.2, 0.25) is 0 Å². The zero-order valence-electron chi connectivity index (χ0n) is 16.2. The quantitative estimate of drug-likeness (QED) is 0.231. The molecule has 2 atom stereocenters. The normalized spacial score (nSPS) is 18.5. The van der Waals surface area contributed by atoms with Crippen LogP contribution in [0.5, 0.6) is 5.75 Å². The minimum absolute atomic E-state index is 0.140. The van der Waals surface area contributed by atoms with Crippen molar-refractivity contribution in [3.05, 3.63) is 69.8 Å². The van der Waals surface area contributed by atoms with Crippen LogP contribution in [0.15, 0.2) is 48.5 Å². The fraction of sp³-hybridized carbons (Fsp3) is 0.286. The summed E-state index contributed by atoms with van der Waals surface area (Å²) in [5.74, 6) is -3.03. The number of aliphatic hydroxyl groups is 1. The van der Waals surface area contributed by atoms with Gasteiger partial charge in [0.25, 0.3) is 11.6 Å². The smallest absolute Gasteiger partial charge is 0.291 e. The molecule has 0 saturated carbocycles. The number of likely N-dealkylation sites (tertiary alicyclic amines) is 1. The van der Waals surface area contributed by atoms with Crippen molar-refractivity contribution in [2.45, 2.75) is 13.0 Å². The van der Waals surface area contributed by atoms with Gasteiger partial charge in [-0.05, 0) is 36.8 Å². The third kappa shape index (κ3) is 3.92. The molecular weight excluding hydrogens is 392 g/mol. The number of carbonyl (C=O) groups is 3. The maximum Gasteiger partial charge on any atom is 0.291 e. The number of ether oxygens (including phenoxy) is 1. The fourth-order valence-electron chi connectivity index (χ4n) is 3.56. The Labute approximate surface area is 172 Å². The van der Waals surface area contributed by atoms with E-state index in [0.717, 1.165) is 4.90 Å². The predicted octanol–water partition coefficient (Wildman–Crippen LogP) is 1.94. The van der Waals surface area contributed by atoms with Crippen molar-refractivity contribution in [1.29, 1.82) is 0 Å². The highest BCUT2D eigenvalue weighted by Crippen LogP contribution is 2.38. The summed E-state index contributed by atoms with van der Waals surface area (Å²) >= 11 is 0. The number of benzene rings is 2. The first-order valence-corrected chi connectivity index (χ1v) is 9.36. The summed E-state index contributed by atoms with van der Waals surface area (Å²) in [6.07, 6.45) is 0. The molecule has 1 heterocycles. The first-order valence-electron chi connectivity index (χ1n) is 9.36. The number of β-amino-alcohol motifs (C(OH)–C–C–N with tert-alkyl or cyclic N) is 1. The molecule has 1 amide bonds. The number of rotatable bonds is 8. The van der Waals surface area contributed by atoms with Crippen molar-refractivity contribution >= 4 is 23.2 Å². The Morgan fingerprint density at radius 3 is 2.30 bits per heavy atom. The van der Waals surface area contributed by atoms with Gasteiger partial charge in [-0.15, -0.1) is 0 Å². The van der Waals surface area contributed by atoms with E-state index in [9.17, 15) is 29.6 Å². The number of ketones is 2. The van der Waals surface area contributed by atoms with Crippen molar-refractivity contribution in [2.24, 2.45) is 5.92 Å². The van der Waals surface area contributed by atoms with Gasteiger partial charge in [0.05, 0.1) is 24.2 Å². The Bertz CT molecular complexity index is 970. The van der Waals surface area contributed by atoms with Gasteiger partial charge in [-0.3, -0.25) is 24.5 Å². The summed E-state index contributed by atoms with van der Waals surface area (Å²) in [7, 11) is 0. The highest BCUT2D eigenvalue weighted by atomic mass is 16.6. The maximum absolute atomic E-state index is 13.2. The van der Waals surface area contributed by atoms with Gasteiger partial charge in [0.2, 0.25) is 5.78 Å². The van der Waals surface area contributed by atoms with Gasteiger partial charge < -0.3 is 14.7 Å². The summed E-state index contributed by atoms with van der Waals surface area (Å²) < 4.78 is 5.35. The van der Waals surface area contributed by atoms with E-state index in [1.807, 2.05) is 6.92 Å². The van der Waals surface area contributed by atoms with Crippen LogP contribution in [-0.2, 0) is 9.59 Å². The van der Waals surface area contributed by atoms with E-state index in [0.29, 0.717) is 17.9 Å². The number of carbonyl (C=O) groups excluding carboxylic acids is 3. The number of nitro benzene ring substituents is 1. The number of nitro groups is 1. The number of aliphatic hydroxyl groups excluding tert-OH is 1. The summed E-state index contributed by atoms with van der Waals surface area (Å²) in [4.78, 5) is 49.9. The molecule has 30 heavy (non-hydrogen) atoms. The molecule has 2 aromatic carbocycles. The van der Waals surface area contributed by atoms with Crippen LogP contribution in [0, 0.1) is 16.0 Å². The maximum atomic E-state index is 13.2. The molecule has 2 unspecified atom stereocenters. The van der Waals surface area contributed by atoms with Gasteiger partial charge in [-0.2, -0.15) is 0 Å². The Morgan fingerprint density at radius 2 is 1.77 bits per heavy atom. The monoisotopic (exact) mass is 412 g/mol. The van der Waals surface area contributed by atoms with Gasteiger partial charge in [-0.25, -0.2) is 0 Å². The minimum Gasteiger partial charge on any atom is -0.494 e. The van der Waals surface area contributed by atoms with Crippen LogP contribution in [-0.4, -0.2) is 52.2 Å². The van der Waals surface area contributed by atoms with E-state index >= 15 is 0 Å². The molecule has 1 fully saturated rings. The van der Waals surface area contributed by atoms with Crippen LogP contribution in [0.4, 0.5) is 5.69 Å². The summed E-state index contributed by atoms with van der Waals surface area (Å²) in [6.45, 7) is 1.75. The van der Waals surface area contributed by atoms with Crippen molar-refractivity contribution in [2.75, 3.05) is 19.8 Å². The number of Topliss-reactive ketones (excluding diaryl/α,β-unsaturated/α-hetero) is 2. The minimum atomic E-state index is -1.32. The number of hydrogen-bond donors (Lipinski definition) is 1. The van der Waals surface area contributed by atoms with Crippen molar-refractivity contribution in [1.82, 2.24) is 4.90 Å². The van der Waals surface area contributed by atoms with Gasteiger partial charge in [0.1, 0.15) is 11.7 Å². The fourth-order valence-corrected chi connectivity index (χ4v) is 3.56. The SMILES string of the molecule is CCOc1ccc(C(=O)C2C(=O)C(=O)N(CCO)C2c2ccc([N+](=O)[O-])cc2)cc1. The first kappa shape index (κ1) is 21.1. The zero-order valence-corrected chi connectivity index (χ0v) is 16.2. The lowest BCUT2D eigenvalue weighted by Crippen LogP contribution is -2.33. The molecule has 9 heteroatoms. The van der Waals surface area contributed by atoms with E-state index in [2.05, 4.69) is 0 Å². The average Bonchev–Trinajstić information content (AvgIpc) is 2.99. The largest absolute Gasteiger partial charge is 0.494 e. The predicted molar refractivity (Wildman–Crippen MR) is 105 cm³/mol. The first-order chi connectivity index (χ1) is 14.4. The molecular formula is C21H20N2O7. The molecule has 2 aromatic rings. The van der Waals surface area contributed by atoms with Gasteiger partial charge in [0, 0.05) is 24.2 Å². The Morgan fingerprint density at radius 1 is 1.13 bits per heavy atom. The Balaban J connectivity index is 2.00. The number of amides is 1. The van der Waals surface area contributed by atoms with Crippen LogP contribution >= 0.6 is 0 Å². The highest BCUT2D eigenvalue weighted by molar-refractivity contribution is 6.44. The van der Waals surface area contributed by atoms with E-state index in [1.54, 1.807) is 12.1 Å². The molecule has 0 bridgehead atoms. The standard InChI is InChI=1S/C21H20N2O7/c1-2-30-16-9-5-14(6-10-16)19(25)17-18(22(11-12-24)21(27)20(17)26)13-3-7-15(8-4-13)23(28)29/h3-10,17-18,24H,2,11-12H2,1H3. The van der Waals surface area contributed by atoms with E-state index in [4.69, 9.17) is 4.74 Å². The number of hydrogen-bond acceptors (Lipinski definition) is 7. The Kier molecular flexibility index (Phi) is 6.22. The topological polar surface area (TPSA) is 127 Å². The zero-order chi connectivity index (χ0) is 21.8. The summed E-state index contributed by atoms with van der Waals surface area (Å²) in [5, 5.41) is 20.3. The number of non-ortho nitro benzene ring substituents is 1. The molecule has 0 spiro atoms. The molecule has 9 nitrogen and oxygen atoms in total. The molecule has 3 rings (SSSR count). The Hall–Kier alpha value is -3.59. The van der Waals surface area contributed by atoms with Crippen LogP contribution in [0.25, 0.3) is 0 Å². The lowest BCUT2D eigenvalue weighted by Gasteiger charge is -2.26. The van der Waals surface area contributed by atoms with Crippen LogP contribution in [0.1, 0.15) is 28.9 Å². The second-order valence-corrected chi connectivity index (χ2v) is 6.68. The molecule has 1 aliphatic rings. The second kappa shape index (κ2) is 8.83. The lowest BCUT2D eigenvalue weighted by molar-refractivity contribution is -0.384. The third-order valence-electron chi connectivity index (χ3n) is 4.92. The molecule has 1 saturated heterocycles. The van der Waals surface area contributed by atoms with Crippen molar-refractivity contribution < 1.29 is 29.2 Å². The van der Waals surface area contributed by atoms with E-state index in [1.165, 1.54) is 36.4 Å². The third-order valence-corrected chi connectivity index (χ3v) is 4.92. The molecule has 1 N–H and O–H groups in total. The molecule has 0 aromatic heterocycles. The summed E-state index contributed by atoms with van der Waals surface area (Å²) in [6, 6.07) is 10.6. The van der Waals surface area contributed by atoms with Gasteiger partial charge in [-0.1, -0.05) is 12.1 Å². The van der Waals surface area contributed by atoms with Gasteiger partial charge in [0.15, 0.2) is 5.78 Å². The molecule has 0 aliphatic carbocycles. The van der Waals surface area contributed by atoms with Crippen molar-refractivity contribution in [3.63, 3.8) is 0 Å². The molecule has 1 aliphatic heterocycles. The van der Waals surface area contributed by atoms with E-state index < -0.39 is 41.0 Å². The molecule has 156 valence electrons. The van der Waals surface area contributed by atoms with E-state index in [-0.39, 0.29) is 17.8 Å². The van der Waals surface area contributed by atoms with Crippen LogP contribution < -0.4 is 4.74 Å².